The van der Waals surface area contributed by atoms with Gasteiger partial charge in [-0.05, 0) is 65.0 Å². The molecule has 6 nitrogen and oxygen atoms in total. The zero-order valence-electron chi connectivity index (χ0n) is 17.2. The number of piperidine rings is 1. The van der Waals surface area contributed by atoms with Gasteiger partial charge in [0.25, 0.3) is 0 Å². The highest BCUT2D eigenvalue weighted by Gasteiger charge is 2.17. The topological polar surface area (TPSA) is 73.5 Å². The van der Waals surface area contributed by atoms with Crippen LogP contribution in [0.1, 0.15) is 84.0 Å². The largest absolute Gasteiger partial charge is 0.356 e. The fourth-order valence-corrected chi connectivity index (χ4v) is 4.18. The van der Waals surface area contributed by atoms with Crippen molar-refractivity contribution < 1.29 is 9.59 Å². The molecule has 1 unspecified atom stereocenters. The van der Waals surface area contributed by atoms with E-state index < -0.39 is 0 Å². The summed E-state index contributed by atoms with van der Waals surface area (Å²) in [6.07, 6.45) is 13.3. The molecule has 2 aliphatic rings. The molecule has 1 saturated carbocycles. The van der Waals surface area contributed by atoms with E-state index in [1.807, 2.05) is 0 Å². The van der Waals surface area contributed by atoms with Crippen molar-refractivity contribution in [3.8, 4) is 0 Å². The molecular formula is C21H40N4O2. The molecule has 2 fully saturated rings. The summed E-state index contributed by atoms with van der Waals surface area (Å²) in [5.41, 5.74) is 0. The normalized spacial score (nSPS) is 21.6. The Labute approximate surface area is 165 Å². The van der Waals surface area contributed by atoms with Crippen molar-refractivity contribution in [3.63, 3.8) is 0 Å². The number of amides is 3. The first-order valence-corrected chi connectivity index (χ1v) is 11.2. The summed E-state index contributed by atoms with van der Waals surface area (Å²) in [6, 6.07) is 0.959. The molecule has 1 saturated heterocycles. The summed E-state index contributed by atoms with van der Waals surface area (Å²) in [5.74, 6) is 0.0934. The SMILES string of the molecule is CC1CCCCN1CCCCNC(=O)CCCNC(=O)NC1CCCCC1. The quantitative estimate of drug-likeness (QED) is 0.510. The Morgan fingerprint density at radius 1 is 0.889 bits per heavy atom. The zero-order chi connectivity index (χ0) is 19.3. The number of nitrogens with zero attached hydrogens (tertiary/aromatic N) is 1. The van der Waals surface area contributed by atoms with Crippen LogP contribution < -0.4 is 16.0 Å². The molecule has 2 rings (SSSR count). The lowest BCUT2D eigenvalue weighted by Gasteiger charge is -2.33. The molecule has 156 valence electrons. The van der Waals surface area contributed by atoms with Gasteiger partial charge in [-0.15, -0.1) is 0 Å². The number of nitrogens with one attached hydrogen (secondary N) is 3. The second-order valence-electron chi connectivity index (χ2n) is 8.28. The number of likely N-dealkylation sites (tertiary alicyclic amines) is 1. The van der Waals surface area contributed by atoms with Crippen LogP contribution in [0.3, 0.4) is 0 Å². The van der Waals surface area contributed by atoms with Crippen LogP contribution in [-0.4, -0.2) is 55.1 Å². The van der Waals surface area contributed by atoms with Gasteiger partial charge in [-0.1, -0.05) is 25.7 Å². The smallest absolute Gasteiger partial charge is 0.315 e. The van der Waals surface area contributed by atoms with Crippen molar-refractivity contribution in [1.29, 1.82) is 0 Å². The number of hydrogen-bond acceptors (Lipinski definition) is 3. The average molecular weight is 381 g/mol. The molecule has 1 aliphatic carbocycles. The maximum Gasteiger partial charge on any atom is 0.315 e. The predicted molar refractivity (Wildman–Crippen MR) is 110 cm³/mol. The molecule has 1 heterocycles. The van der Waals surface area contributed by atoms with Crippen LogP contribution in [0.2, 0.25) is 0 Å². The van der Waals surface area contributed by atoms with Crippen LogP contribution in [0.15, 0.2) is 0 Å². The number of rotatable bonds is 10. The third-order valence-corrected chi connectivity index (χ3v) is 5.94. The Kier molecular flexibility index (Phi) is 10.6. The first-order valence-electron chi connectivity index (χ1n) is 11.2. The molecule has 0 aromatic carbocycles. The summed E-state index contributed by atoms with van der Waals surface area (Å²) in [6.45, 7) is 6.02. The van der Waals surface area contributed by atoms with E-state index in [9.17, 15) is 9.59 Å². The predicted octanol–water partition coefficient (Wildman–Crippen LogP) is 3.17. The fraction of sp³-hybridized carbons (Fsp3) is 0.905. The lowest BCUT2D eigenvalue weighted by Crippen LogP contribution is -2.43. The van der Waals surface area contributed by atoms with E-state index >= 15 is 0 Å². The van der Waals surface area contributed by atoms with Crippen LogP contribution in [0.25, 0.3) is 0 Å². The van der Waals surface area contributed by atoms with Gasteiger partial charge in [-0.3, -0.25) is 4.79 Å². The minimum absolute atomic E-state index is 0.0887. The summed E-state index contributed by atoms with van der Waals surface area (Å²) >= 11 is 0. The molecule has 1 aliphatic heterocycles. The molecule has 27 heavy (non-hydrogen) atoms. The summed E-state index contributed by atoms with van der Waals surface area (Å²) in [4.78, 5) is 26.3. The highest BCUT2D eigenvalue weighted by molar-refractivity contribution is 5.76. The summed E-state index contributed by atoms with van der Waals surface area (Å²) < 4.78 is 0. The molecule has 0 aromatic rings. The van der Waals surface area contributed by atoms with Crippen molar-refractivity contribution in [1.82, 2.24) is 20.9 Å². The van der Waals surface area contributed by atoms with E-state index in [0.29, 0.717) is 25.4 Å². The van der Waals surface area contributed by atoms with E-state index in [0.717, 1.165) is 44.8 Å². The van der Waals surface area contributed by atoms with Crippen LogP contribution in [0.5, 0.6) is 0 Å². The number of hydrogen-bond donors (Lipinski definition) is 3. The Morgan fingerprint density at radius 3 is 2.41 bits per heavy atom. The van der Waals surface area contributed by atoms with Crippen molar-refractivity contribution >= 4 is 11.9 Å². The highest BCUT2D eigenvalue weighted by Crippen LogP contribution is 2.17. The van der Waals surface area contributed by atoms with Crippen molar-refractivity contribution in [2.75, 3.05) is 26.2 Å². The van der Waals surface area contributed by atoms with E-state index in [1.54, 1.807) is 0 Å². The maximum atomic E-state index is 11.9. The minimum Gasteiger partial charge on any atom is -0.356 e. The number of carbonyl (C=O) groups excluding carboxylic acids is 2. The monoisotopic (exact) mass is 380 g/mol. The molecule has 0 spiro atoms. The third-order valence-electron chi connectivity index (χ3n) is 5.94. The van der Waals surface area contributed by atoms with Crippen LogP contribution >= 0.6 is 0 Å². The van der Waals surface area contributed by atoms with Gasteiger partial charge < -0.3 is 20.9 Å². The second-order valence-corrected chi connectivity index (χ2v) is 8.28. The van der Waals surface area contributed by atoms with E-state index in [-0.39, 0.29) is 11.9 Å². The van der Waals surface area contributed by atoms with Crippen molar-refractivity contribution in [3.05, 3.63) is 0 Å². The van der Waals surface area contributed by atoms with Gasteiger partial charge in [0.15, 0.2) is 0 Å². The van der Waals surface area contributed by atoms with E-state index in [1.165, 1.54) is 45.1 Å². The van der Waals surface area contributed by atoms with Crippen LogP contribution in [0.4, 0.5) is 4.79 Å². The fourth-order valence-electron chi connectivity index (χ4n) is 4.18. The Hall–Kier alpha value is -1.30. The molecule has 0 radical (unpaired) electrons. The molecule has 0 bridgehead atoms. The molecule has 0 aromatic heterocycles. The maximum absolute atomic E-state index is 11.9. The third kappa shape index (κ3) is 9.45. The van der Waals surface area contributed by atoms with Gasteiger partial charge in [0, 0.05) is 31.6 Å². The zero-order valence-corrected chi connectivity index (χ0v) is 17.2. The molecule has 3 N–H and O–H groups in total. The van der Waals surface area contributed by atoms with E-state index in [4.69, 9.17) is 0 Å². The van der Waals surface area contributed by atoms with Crippen molar-refractivity contribution in [2.24, 2.45) is 0 Å². The first kappa shape index (κ1) is 22.0. The summed E-state index contributed by atoms with van der Waals surface area (Å²) in [5, 5.41) is 8.90. The van der Waals surface area contributed by atoms with Gasteiger partial charge in [0.05, 0.1) is 0 Å². The molecular weight excluding hydrogens is 340 g/mol. The molecule has 6 heteroatoms. The highest BCUT2D eigenvalue weighted by atomic mass is 16.2. The Bertz CT molecular complexity index is 438. The summed E-state index contributed by atoms with van der Waals surface area (Å²) in [7, 11) is 0. The number of urea groups is 1. The molecule has 1 atom stereocenters. The standard InChI is InChI=1S/C21H40N4O2/c1-18-10-5-7-16-25(18)17-8-6-14-22-20(26)13-9-15-23-21(27)24-19-11-3-2-4-12-19/h18-19H,2-17H2,1H3,(H,22,26)(H2,23,24,27). The minimum atomic E-state index is -0.0887. The van der Waals surface area contributed by atoms with Crippen LogP contribution in [0, 0.1) is 0 Å². The average Bonchev–Trinajstić information content (AvgIpc) is 2.67. The van der Waals surface area contributed by atoms with Gasteiger partial charge in [-0.2, -0.15) is 0 Å². The Balaban J connectivity index is 1.40. The number of unbranched alkanes of at least 4 members (excludes halogenated alkanes) is 1. The van der Waals surface area contributed by atoms with Gasteiger partial charge in [0.1, 0.15) is 0 Å². The number of carbonyl (C=O) groups is 2. The van der Waals surface area contributed by atoms with Gasteiger partial charge in [-0.25, -0.2) is 4.79 Å². The lowest BCUT2D eigenvalue weighted by atomic mass is 9.96. The lowest BCUT2D eigenvalue weighted by molar-refractivity contribution is -0.121. The second kappa shape index (κ2) is 13.0. The Morgan fingerprint density at radius 2 is 1.63 bits per heavy atom. The molecule has 3 amide bonds. The van der Waals surface area contributed by atoms with E-state index in [2.05, 4.69) is 27.8 Å². The van der Waals surface area contributed by atoms with Crippen molar-refractivity contribution in [2.45, 2.75) is 96.1 Å². The van der Waals surface area contributed by atoms with Gasteiger partial charge >= 0.3 is 6.03 Å². The van der Waals surface area contributed by atoms with Crippen LogP contribution in [-0.2, 0) is 4.79 Å². The first-order chi connectivity index (χ1) is 13.1. The van der Waals surface area contributed by atoms with Gasteiger partial charge in [0.2, 0.25) is 5.91 Å².